The summed E-state index contributed by atoms with van der Waals surface area (Å²) in [6, 6.07) is 2.73. The van der Waals surface area contributed by atoms with Crippen molar-refractivity contribution >= 4 is 0 Å². The Balaban J connectivity index is 2.00. The summed E-state index contributed by atoms with van der Waals surface area (Å²) in [5.41, 5.74) is 4.02. The van der Waals surface area contributed by atoms with Gasteiger partial charge >= 0.3 is 0 Å². The Kier molecular flexibility index (Phi) is 3.46. The van der Waals surface area contributed by atoms with Gasteiger partial charge in [0.2, 0.25) is 0 Å². The minimum Gasteiger partial charge on any atom is -0.388 e. The maximum absolute atomic E-state index is 10.4. The maximum atomic E-state index is 10.4. The number of aryl methyl sites for hydroxylation is 1. The number of aliphatic hydroxyl groups excluding tert-OH is 1. The molecule has 0 spiro atoms. The number of hydrogen-bond acceptors (Lipinski definition) is 2. The Morgan fingerprint density at radius 1 is 1.40 bits per heavy atom. The van der Waals surface area contributed by atoms with Gasteiger partial charge in [0, 0.05) is 29.6 Å². The molecule has 3 heteroatoms. The van der Waals surface area contributed by atoms with Gasteiger partial charge in [-0.3, -0.25) is 0 Å². The van der Waals surface area contributed by atoms with Crippen LogP contribution >= 0.6 is 0 Å². The fourth-order valence-corrected chi connectivity index (χ4v) is 4.08. The van der Waals surface area contributed by atoms with Gasteiger partial charge in [-0.2, -0.15) is 0 Å². The van der Waals surface area contributed by atoms with Gasteiger partial charge in [-0.1, -0.05) is 13.8 Å². The van der Waals surface area contributed by atoms with Crippen molar-refractivity contribution in [2.75, 3.05) is 6.61 Å². The summed E-state index contributed by atoms with van der Waals surface area (Å²) < 4.78 is 8.19. The molecule has 0 aromatic carbocycles. The van der Waals surface area contributed by atoms with Crippen molar-refractivity contribution in [2.45, 2.75) is 71.6 Å². The van der Waals surface area contributed by atoms with E-state index >= 15 is 0 Å². The molecule has 0 saturated carbocycles. The second kappa shape index (κ2) is 4.88. The molecule has 1 aromatic heterocycles. The summed E-state index contributed by atoms with van der Waals surface area (Å²) in [4.78, 5) is 0. The molecule has 1 saturated heterocycles. The predicted octanol–water partition coefficient (Wildman–Crippen LogP) is 3.54. The Morgan fingerprint density at radius 3 is 2.85 bits per heavy atom. The molecule has 2 heterocycles. The minimum atomic E-state index is -0.300. The first kappa shape index (κ1) is 14.2. The molecule has 0 amide bonds. The van der Waals surface area contributed by atoms with E-state index in [9.17, 15) is 5.11 Å². The normalized spacial score (nSPS) is 33.0. The SMILES string of the molecule is Cc1cc2c(n1C1CCOC(C)C1)CC(C)(C)CC2O. The van der Waals surface area contributed by atoms with Crippen LogP contribution in [-0.2, 0) is 11.2 Å². The Hall–Kier alpha value is -0.800. The highest BCUT2D eigenvalue weighted by Gasteiger charge is 2.36. The van der Waals surface area contributed by atoms with Crippen molar-refractivity contribution in [2.24, 2.45) is 5.41 Å². The molecular weight excluding hydrogens is 250 g/mol. The van der Waals surface area contributed by atoms with Crippen LogP contribution in [0.15, 0.2) is 6.07 Å². The van der Waals surface area contributed by atoms with Crippen LogP contribution < -0.4 is 0 Å². The molecule has 1 aliphatic carbocycles. The van der Waals surface area contributed by atoms with E-state index in [0.29, 0.717) is 12.1 Å². The molecule has 1 N–H and O–H groups in total. The Morgan fingerprint density at radius 2 is 2.15 bits per heavy atom. The zero-order valence-corrected chi connectivity index (χ0v) is 13.1. The van der Waals surface area contributed by atoms with Crippen molar-refractivity contribution in [3.05, 3.63) is 23.0 Å². The largest absolute Gasteiger partial charge is 0.388 e. The number of rotatable bonds is 1. The van der Waals surface area contributed by atoms with Gasteiger partial charge in [0.15, 0.2) is 0 Å². The van der Waals surface area contributed by atoms with Crippen molar-refractivity contribution in [1.29, 1.82) is 0 Å². The first-order valence-electron chi connectivity index (χ1n) is 7.88. The fraction of sp³-hybridized carbons (Fsp3) is 0.765. The van der Waals surface area contributed by atoms with E-state index in [4.69, 9.17) is 4.74 Å². The zero-order chi connectivity index (χ0) is 14.5. The van der Waals surface area contributed by atoms with Gasteiger partial charge in [0.1, 0.15) is 0 Å². The van der Waals surface area contributed by atoms with E-state index < -0.39 is 0 Å². The molecule has 1 aliphatic heterocycles. The molecule has 2 aliphatic rings. The van der Waals surface area contributed by atoms with Crippen LogP contribution in [0.2, 0.25) is 0 Å². The lowest BCUT2D eigenvalue weighted by Crippen LogP contribution is -2.31. The number of aromatic nitrogens is 1. The molecule has 20 heavy (non-hydrogen) atoms. The van der Waals surface area contributed by atoms with Crippen LogP contribution in [0.5, 0.6) is 0 Å². The Bertz CT molecular complexity index is 503. The lowest BCUT2D eigenvalue weighted by Gasteiger charge is -2.37. The number of ether oxygens (including phenoxy) is 1. The van der Waals surface area contributed by atoms with Crippen LogP contribution in [-0.4, -0.2) is 22.4 Å². The molecule has 3 rings (SSSR count). The molecule has 1 fully saturated rings. The number of fused-ring (bicyclic) bond motifs is 1. The standard InChI is InChI=1S/C17H27NO2/c1-11-7-14-15(9-17(3,4)10-16(14)19)18(11)13-5-6-20-12(2)8-13/h7,12-13,16,19H,5-6,8-10H2,1-4H3. The first-order valence-corrected chi connectivity index (χ1v) is 7.88. The molecule has 3 atom stereocenters. The number of nitrogens with zero attached hydrogens (tertiary/aromatic N) is 1. The van der Waals surface area contributed by atoms with Gasteiger partial charge in [0.25, 0.3) is 0 Å². The van der Waals surface area contributed by atoms with Gasteiger partial charge < -0.3 is 14.4 Å². The summed E-state index contributed by atoms with van der Waals surface area (Å²) in [6.45, 7) is 9.72. The smallest absolute Gasteiger partial charge is 0.0812 e. The molecule has 3 nitrogen and oxygen atoms in total. The summed E-state index contributed by atoms with van der Waals surface area (Å²) >= 11 is 0. The van der Waals surface area contributed by atoms with Crippen LogP contribution in [0.1, 0.15) is 69.1 Å². The second-order valence-corrected chi connectivity index (χ2v) is 7.48. The monoisotopic (exact) mass is 277 g/mol. The minimum absolute atomic E-state index is 0.186. The summed E-state index contributed by atoms with van der Waals surface area (Å²) in [5, 5.41) is 10.4. The molecule has 112 valence electrons. The molecule has 1 aromatic rings. The fourth-order valence-electron chi connectivity index (χ4n) is 4.08. The van der Waals surface area contributed by atoms with Gasteiger partial charge in [-0.15, -0.1) is 0 Å². The van der Waals surface area contributed by atoms with Crippen molar-refractivity contribution in [3.63, 3.8) is 0 Å². The van der Waals surface area contributed by atoms with Crippen LogP contribution in [0.25, 0.3) is 0 Å². The number of aliphatic hydroxyl groups is 1. The third-order valence-corrected chi connectivity index (χ3v) is 4.94. The van der Waals surface area contributed by atoms with Crippen molar-refractivity contribution in [3.8, 4) is 0 Å². The lowest BCUT2D eigenvalue weighted by molar-refractivity contribution is 0.00439. The molecular formula is C17H27NO2. The Labute approximate surface area is 121 Å². The van der Waals surface area contributed by atoms with Gasteiger partial charge in [-0.05, 0) is 51.0 Å². The third-order valence-electron chi connectivity index (χ3n) is 4.94. The number of hydrogen-bond donors (Lipinski definition) is 1. The highest BCUT2D eigenvalue weighted by Crippen LogP contribution is 2.44. The van der Waals surface area contributed by atoms with E-state index in [0.717, 1.165) is 32.3 Å². The van der Waals surface area contributed by atoms with Crippen LogP contribution in [0.3, 0.4) is 0 Å². The maximum Gasteiger partial charge on any atom is 0.0812 e. The van der Waals surface area contributed by atoms with E-state index in [1.807, 2.05) is 0 Å². The van der Waals surface area contributed by atoms with Crippen molar-refractivity contribution < 1.29 is 9.84 Å². The quantitative estimate of drug-likeness (QED) is 0.852. The molecule has 3 unspecified atom stereocenters. The predicted molar refractivity (Wildman–Crippen MR) is 79.9 cm³/mol. The average molecular weight is 277 g/mol. The van der Waals surface area contributed by atoms with Gasteiger partial charge in [-0.25, -0.2) is 0 Å². The van der Waals surface area contributed by atoms with E-state index in [1.165, 1.54) is 17.0 Å². The van der Waals surface area contributed by atoms with Crippen molar-refractivity contribution in [1.82, 2.24) is 4.57 Å². The summed E-state index contributed by atoms with van der Waals surface area (Å²) in [7, 11) is 0. The zero-order valence-electron chi connectivity index (χ0n) is 13.1. The highest BCUT2D eigenvalue weighted by molar-refractivity contribution is 5.34. The van der Waals surface area contributed by atoms with E-state index in [-0.39, 0.29) is 11.5 Å². The summed E-state index contributed by atoms with van der Waals surface area (Å²) in [5.74, 6) is 0. The third kappa shape index (κ3) is 2.42. The lowest BCUT2D eigenvalue weighted by atomic mass is 9.75. The molecule has 0 radical (unpaired) electrons. The topological polar surface area (TPSA) is 34.4 Å². The van der Waals surface area contributed by atoms with E-state index in [2.05, 4.69) is 38.3 Å². The summed E-state index contributed by atoms with van der Waals surface area (Å²) in [6.07, 6.45) is 4.15. The molecule has 0 bridgehead atoms. The highest BCUT2D eigenvalue weighted by atomic mass is 16.5. The van der Waals surface area contributed by atoms with Crippen LogP contribution in [0, 0.1) is 12.3 Å². The second-order valence-electron chi connectivity index (χ2n) is 7.48. The van der Waals surface area contributed by atoms with Gasteiger partial charge in [0.05, 0.1) is 12.2 Å². The first-order chi connectivity index (χ1) is 9.37. The van der Waals surface area contributed by atoms with Crippen LogP contribution in [0.4, 0.5) is 0 Å². The van der Waals surface area contributed by atoms with E-state index in [1.54, 1.807) is 0 Å². The average Bonchev–Trinajstić information content (AvgIpc) is 2.64.